The first kappa shape index (κ1) is 29.7. The van der Waals surface area contributed by atoms with Gasteiger partial charge in [-0.05, 0) is 83.4 Å². The van der Waals surface area contributed by atoms with Crippen LogP contribution in [0.15, 0.2) is 24.4 Å². The number of hydrogen-bond donors (Lipinski definition) is 1. The fourth-order valence-electron chi connectivity index (χ4n) is 3.42. The van der Waals surface area contributed by atoms with Crippen molar-refractivity contribution in [2.75, 3.05) is 6.54 Å². The maximum absolute atomic E-state index is 13.1. The first-order valence-electron chi connectivity index (χ1n) is 12.6. The molecule has 0 saturated carbocycles. The minimum atomic E-state index is -2.07. The average molecular weight is 519 g/mol. The van der Waals surface area contributed by atoms with Crippen LogP contribution in [0, 0.1) is 0 Å². The molecular formula is C28H46N2O5Si. The number of aromatic nitrogens is 1. The van der Waals surface area contributed by atoms with Gasteiger partial charge in [0.1, 0.15) is 17.0 Å². The number of ether oxygens (including phenoxy) is 2. The molecule has 0 aliphatic carbocycles. The van der Waals surface area contributed by atoms with Crippen LogP contribution in [-0.2, 0) is 14.9 Å². The maximum Gasteiger partial charge on any atom is 0.419 e. The van der Waals surface area contributed by atoms with Crippen molar-refractivity contribution < 1.29 is 23.5 Å². The standard InChI is InChI=1S/C28H46N2O5Si/c1-25(2,3)33-23(31)29-18-28(10,11)21-17-30(24(32)34-26(4,5)6)22-15-14-19(16-20(21)22)35-36(12,13)27(7,8)9/h14-17H,18H2,1-13H3,(H,29,31). The Hall–Kier alpha value is -2.48. The second-order valence-electron chi connectivity index (χ2n) is 13.7. The van der Waals surface area contributed by atoms with Gasteiger partial charge in [-0.2, -0.15) is 0 Å². The second kappa shape index (κ2) is 9.76. The summed E-state index contributed by atoms with van der Waals surface area (Å²) in [6, 6.07) is 5.82. The molecule has 0 fully saturated rings. The summed E-state index contributed by atoms with van der Waals surface area (Å²) in [5, 5.41) is 3.81. The van der Waals surface area contributed by atoms with Crippen LogP contribution in [0.1, 0.15) is 81.7 Å². The van der Waals surface area contributed by atoms with E-state index in [2.05, 4.69) is 39.2 Å². The molecule has 0 spiro atoms. The molecule has 7 nitrogen and oxygen atoms in total. The van der Waals surface area contributed by atoms with Gasteiger partial charge in [0.2, 0.25) is 8.32 Å². The molecule has 1 heterocycles. The van der Waals surface area contributed by atoms with Gasteiger partial charge in [-0.25, -0.2) is 9.59 Å². The minimum absolute atomic E-state index is 0.0455. The van der Waals surface area contributed by atoms with Gasteiger partial charge < -0.3 is 19.2 Å². The zero-order valence-electron chi connectivity index (χ0n) is 24.5. The van der Waals surface area contributed by atoms with E-state index in [0.717, 1.165) is 22.2 Å². The van der Waals surface area contributed by atoms with Gasteiger partial charge in [0.15, 0.2) is 0 Å². The van der Waals surface area contributed by atoms with Crippen LogP contribution in [0.3, 0.4) is 0 Å². The Kier molecular flexibility index (Phi) is 8.07. The molecule has 1 amide bonds. The number of hydrogen-bond acceptors (Lipinski definition) is 5. The number of carbonyl (C=O) groups excluding carboxylic acids is 2. The topological polar surface area (TPSA) is 78.8 Å². The summed E-state index contributed by atoms with van der Waals surface area (Å²) in [7, 11) is -2.07. The van der Waals surface area contributed by atoms with Crippen LogP contribution in [0.25, 0.3) is 10.9 Å². The highest BCUT2D eigenvalue weighted by Gasteiger charge is 2.39. The van der Waals surface area contributed by atoms with E-state index in [1.54, 1.807) is 4.57 Å². The molecule has 0 unspecified atom stereocenters. The molecule has 2 rings (SSSR count). The number of fused-ring (bicyclic) bond motifs is 1. The van der Waals surface area contributed by atoms with Crippen molar-refractivity contribution in [3.63, 3.8) is 0 Å². The van der Waals surface area contributed by atoms with Crippen LogP contribution < -0.4 is 9.74 Å². The summed E-state index contributed by atoms with van der Waals surface area (Å²) in [5.74, 6) is 0.771. The molecule has 36 heavy (non-hydrogen) atoms. The molecule has 0 atom stereocenters. The van der Waals surface area contributed by atoms with Gasteiger partial charge in [-0.3, -0.25) is 4.57 Å². The maximum atomic E-state index is 13.1. The van der Waals surface area contributed by atoms with Crippen LogP contribution in [0.5, 0.6) is 5.75 Å². The van der Waals surface area contributed by atoms with E-state index in [-0.39, 0.29) is 5.04 Å². The van der Waals surface area contributed by atoms with Gasteiger partial charge in [-0.15, -0.1) is 0 Å². The number of amides is 1. The van der Waals surface area contributed by atoms with Crippen LogP contribution in [-0.4, -0.2) is 42.8 Å². The smallest absolute Gasteiger partial charge is 0.419 e. The van der Waals surface area contributed by atoms with Gasteiger partial charge >= 0.3 is 12.2 Å². The van der Waals surface area contributed by atoms with E-state index in [9.17, 15) is 9.59 Å². The third-order valence-electron chi connectivity index (χ3n) is 6.35. The predicted molar refractivity (Wildman–Crippen MR) is 149 cm³/mol. The zero-order valence-corrected chi connectivity index (χ0v) is 25.5. The van der Waals surface area contributed by atoms with Crippen molar-refractivity contribution in [1.29, 1.82) is 0 Å². The fraction of sp³-hybridized carbons (Fsp3) is 0.643. The first-order chi connectivity index (χ1) is 16.0. The van der Waals surface area contributed by atoms with E-state index >= 15 is 0 Å². The van der Waals surface area contributed by atoms with E-state index < -0.39 is 37.1 Å². The summed E-state index contributed by atoms with van der Waals surface area (Å²) in [5.41, 5.74) is -0.102. The Morgan fingerprint density at radius 1 is 0.889 bits per heavy atom. The number of carbonyl (C=O) groups is 2. The molecule has 0 bridgehead atoms. The van der Waals surface area contributed by atoms with Crippen LogP contribution in [0.2, 0.25) is 18.1 Å². The lowest BCUT2D eigenvalue weighted by atomic mass is 9.84. The van der Waals surface area contributed by atoms with Gasteiger partial charge in [0, 0.05) is 23.5 Å². The lowest BCUT2D eigenvalue weighted by Crippen LogP contribution is -2.43. The molecule has 1 N–H and O–H groups in total. The summed E-state index contributed by atoms with van der Waals surface area (Å²) in [6.07, 6.45) is 0.882. The lowest BCUT2D eigenvalue weighted by molar-refractivity contribution is 0.0511. The zero-order chi connectivity index (χ0) is 27.9. The Bertz CT molecular complexity index is 1110. The normalized spacial score (nSPS) is 13.5. The third kappa shape index (κ3) is 7.51. The van der Waals surface area contributed by atoms with Crippen molar-refractivity contribution in [3.05, 3.63) is 30.0 Å². The average Bonchev–Trinajstić information content (AvgIpc) is 3.02. The van der Waals surface area contributed by atoms with Crippen molar-refractivity contribution in [3.8, 4) is 5.75 Å². The number of benzene rings is 1. The van der Waals surface area contributed by atoms with Crippen molar-refractivity contribution in [2.45, 2.75) is 111 Å². The summed E-state index contributed by atoms with van der Waals surface area (Å²) >= 11 is 0. The van der Waals surface area contributed by atoms with E-state index in [0.29, 0.717) is 6.54 Å². The van der Waals surface area contributed by atoms with Gasteiger partial charge in [-0.1, -0.05) is 34.6 Å². The van der Waals surface area contributed by atoms with Crippen molar-refractivity contribution >= 4 is 31.4 Å². The summed E-state index contributed by atoms with van der Waals surface area (Å²) < 4.78 is 19.2. The molecular weight excluding hydrogens is 472 g/mol. The highest BCUT2D eigenvalue weighted by atomic mass is 28.4. The quantitative estimate of drug-likeness (QED) is 0.412. The highest BCUT2D eigenvalue weighted by molar-refractivity contribution is 6.74. The molecule has 1 aromatic heterocycles. The molecule has 0 aliphatic heterocycles. The summed E-state index contributed by atoms with van der Waals surface area (Å²) in [6.45, 7) is 26.4. The molecule has 2 aromatic rings. The molecule has 0 radical (unpaired) electrons. The second-order valence-corrected chi connectivity index (χ2v) is 18.4. The Balaban J connectivity index is 2.55. The first-order valence-corrected chi connectivity index (χ1v) is 15.5. The van der Waals surface area contributed by atoms with Gasteiger partial charge in [0.25, 0.3) is 0 Å². The molecule has 8 heteroatoms. The fourth-order valence-corrected chi connectivity index (χ4v) is 4.45. The van der Waals surface area contributed by atoms with E-state index in [1.165, 1.54) is 0 Å². The largest absolute Gasteiger partial charge is 0.543 e. The highest BCUT2D eigenvalue weighted by Crippen LogP contribution is 2.39. The van der Waals surface area contributed by atoms with Crippen molar-refractivity contribution in [1.82, 2.24) is 9.88 Å². The van der Waals surface area contributed by atoms with Crippen LogP contribution in [0.4, 0.5) is 9.59 Å². The third-order valence-corrected chi connectivity index (χ3v) is 10.7. The monoisotopic (exact) mass is 518 g/mol. The Morgan fingerprint density at radius 3 is 1.94 bits per heavy atom. The summed E-state index contributed by atoms with van der Waals surface area (Å²) in [4.78, 5) is 25.5. The van der Waals surface area contributed by atoms with E-state index in [1.807, 2.05) is 79.8 Å². The van der Waals surface area contributed by atoms with Crippen molar-refractivity contribution in [2.24, 2.45) is 0 Å². The molecule has 202 valence electrons. The number of nitrogens with one attached hydrogen (secondary N) is 1. The van der Waals surface area contributed by atoms with Gasteiger partial charge in [0.05, 0.1) is 5.52 Å². The van der Waals surface area contributed by atoms with E-state index in [4.69, 9.17) is 13.9 Å². The number of rotatable bonds is 5. The SMILES string of the molecule is CC(C)(C)OC(=O)NCC(C)(C)c1cn(C(=O)OC(C)(C)C)c2ccc(O[Si](C)(C)C(C)(C)C)cc12. The predicted octanol–water partition coefficient (Wildman–Crippen LogP) is 7.61. The minimum Gasteiger partial charge on any atom is -0.543 e. The molecule has 0 saturated heterocycles. The number of nitrogens with zero attached hydrogens (tertiary/aromatic N) is 1. The molecule has 0 aliphatic rings. The number of alkyl carbamates (subject to hydrolysis) is 1. The van der Waals surface area contributed by atoms with Crippen LogP contribution >= 0.6 is 0 Å². The Labute approximate surface area is 218 Å². The Morgan fingerprint density at radius 2 is 1.44 bits per heavy atom. The lowest BCUT2D eigenvalue weighted by Gasteiger charge is -2.36. The molecule has 1 aromatic carbocycles.